The maximum absolute atomic E-state index is 13.1. The van der Waals surface area contributed by atoms with Gasteiger partial charge in [-0.15, -0.1) is 0 Å². The molecule has 1 heterocycles. The Hall–Kier alpha value is -2.48. The van der Waals surface area contributed by atoms with Crippen LogP contribution >= 0.6 is 0 Å². The fourth-order valence-corrected chi connectivity index (χ4v) is 1.42. The molecule has 0 saturated heterocycles. The van der Waals surface area contributed by atoms with Crippen LogP contribution in [-0.2, 0) is 0 Å². The van der Waals surface area contributed by atoms with Gasteiger partial charge < -0.3 is 4.74 Å². The van der Waals surface area contributed by atoms with Crippen LogP contribution < -0.4 is 10.2 Å². The molecule has 8 heteroatoms. The number of aliphatic imine (C=N–C) groups is 1. The summed E-state index contributed by atoms with van der Waals surface area (Å²) in [5, 5.41) is 16.1. The largest absolute Gasteiger partial charge is 0.477 e. The average molecular weight is 266 g/mol. The molecule has 1 aromatic heterocycles. The monoisotopic (exact) mass is 266 g/mol. The van der Waals surface area contributed by atoms with Crippen LogP contribution in [0.5, 0.6) is 5.88 Å². The molecule has 0 aliphatic carbocycles. The minimum absolute atomic E-state index is 0.0240. The van der Waals surface area contributed by atoms with Gasteiger partial charge in [-0.1, -0.05) is 0 Å². The molecule has 19 heavy (non-hydrogen) atoms. The number of halogens is 1. The molecule has 0 radical (unpaired) electrons. The first-order valence-corrected chi connectivity index (χ1v) is 5.27. The Bertz CT molecular complexity index is 612. The average Bonchev–Trinajstić information content (AvgIpc) is 2.88. The van der Waals surface area contributed by atoms with Crippen molar-refractivity contribution >= 4 is 11.5 Å². The van der Waals surface area contributed by atoms with Crippen molar-refractivity contribution in [2.75, 3.05) is 7.11 Å². The molecule has 2 rings (SSSR count). The predicted molar refractivity (Wildman–Crippen MR) is 63.1 cm³/mol. The zero-order chi connectivity index (χ0) is 13.8. The Morgan fingerprint density at radius 1 is 1.47 bits per heavy atom. The van der Waals surface area contributed by atoms with Crippen molar-refractivity contribution in [1.82, 2.24) is 15.8 Å². The predicted octanol–water partition coefficient (Wildman–Crippen LogP) is 1.58. The van der Waals surface area contributed by atoms with Crippen LogP contribution in [0.15, 0.2) is 27.8 Å². The van der Waals surface area contributed by atoms with Gasteiger partial charge in [0.15, 0.2) is 5.84 Å². The van der Waals surface area contributed by atoms with Gasteiger partial charge in [0, 0.05) is 0 Å². The third-order valence-electron chi connectivity index (χ3n) is 2.36. The molecule has 2 N–H and O–H groups in total. The van der Waals surface area contributed by atoms with Crippen LogP contribution in [0.2, 0.25) is 0 Å². The number of aromatic nitrogens is 2. The van der Waals surface area contributed by atoms with Crippen molar-refractivity contribution in [3.63, 3.8) is 0 Å². The van der Waals surface area contributed by atoms with Crippen LogP contribution in [0.25, 0.3) is 0 Å². The molecule has 1 aromatic carbocycles. The van der Waals surface area contributed by atoms with E-state index in [0.717, 1.165) is 0 Å². The number of hydroxylamine groups is 1. The Balaban J connectivity index is 2.41. The first-order chi connectivity index (χ1) is 9.15. The quantitative estimate of drug-likeness (QED) is 0.498. The molecular weight excluding hydrogens is 255 g/mol. The first kappa shape index (κ1) is 13.0. The summed E-state index contributed by atoms with van der Waals surface area (Å²) in [5.74, 6) is -0.290. The number of ether oxygens (including phenoxy) is 1. The number of nitrogens with zero attached hydrogens (tertiary/aromatic N) is 3. The van der Waals surface area contributed by atoms with Crippen LogP contribution in [0, 0.1) is 12.7 Å². The molecule has 0 fully saturated rings. The summed E-state index contributed by atoms with van der Waals surface area (Å²) in [5.41, 5.74) is 2.84. The van der Waals surface area contributed by atoms with E-state index < -0.39 is 0 Å². The molecule has 0 aliphatic rings. The second-order valence-corrected chi connectivity index (χ2v) is 3.63. The van der Waals surface area contributed by atoms with E-state index in [0.29, 0.717) is 11.3 Å². The van der Waals surface area contributed by atoms with Crippen molar-refractivity contribution in [2.24, 2.45) is 4.99 Å². The van der Waals surface area contributed by atoms with E-state index in [-0.39, 0.29) is 23.2 Å². The summed E-state index contributed by atoms with van der Waals surface area (Å²) in [4.78, 5) is 4.08. The van der Waals surface area contributed by atoms with Gasteiger partial charge in [-0.3, -0.25) is 10.7 Å². The van der Waals surface area contributed by atoms with E-state index in [1.807, 2.05) is 5.48 Å². The lowest BCUT2D eigenvalue weighted by atomic mass is 10.2. The molecule has 0 saturated carbocycles. The Labute approximate surface area is 107 Å². The summed E-state index contributed by atoms with van der Waals surface area (Å²) >= 11 is 0. The Kier molecular flexibility index (Phi) is 3.71. The Morgan fingerprint density at radius 3 is 2.89 bits per heavy atom. The summed E-state index contributed by atoms with van der Waals surface area (Å²) in [6, 6.07) is 4.26. The van der Waals surface area contributed by atoms with Crippen LogP contribution in [0.4, 0.5) is 10.1 Å². The minimum Gasteiger partial charge on any atom is -0.477 e. The number of benzene rings is 1. The molecule has 2 aromatic rings. The highest BCUT2D eigenvalue weighted by Crippen LogP contribution is 2.19. The molecule has 0 atom stereocenters. The fraction of sp³-hybridized carbons (Fsp3) is 0.182. The van der Waals surface area contributed by atoms with Gasteiger partial charge in [-0.25, -0.2) is 14.0 Å². The summed E-state index contributed by atoms with van der Waals surface area (Å²) in [6.07, 6.45) is 0. The van der Waals surface area contributed by atoms with Gasteiger partial charge in [-0.05, 0) is 41.0 Å². The molecule has 100 valence electrons. The third kappa shape index (κ3) is 2.68. The first-order valence-electron chi connectivity index (χ1n) is 5.27. The van der Waals surface area contributed by atoms with Crippen molar-refractivity contribution in [1.29, 1.82) is 0 Å². The van der Waals surface area contributed by atoms with E-state index in [1.54, 1.807) is 6.92 Å². The zero-order valence-electron chi connectivity index (χ0n) is 10.2. The zero-order valence-corrected chi connectivity index (χ0v) is 10.2. The van der Waals surface area contributed by atoms with Gasteiger partial charge in [0.05, 0.1) is 12.8 Å². The normalized spacial score (nSPS) is 11.5. The Morgan fingerprint density at radius 2 is 2.26 bits per heavy atom. The maximum Gasteiger partial charge on any atom is 0.287 e. The standard InChI is InChI=1S/C11H11FN4O3/c1-6-5-7(3-4-8(6)12)13-10(14-17)9-11(18-2)16-19-15-9/h3-5,17H,1-2H3,(H,13,14). The number of hydrogen-bond donors (Lipinski definition) is 2. The molecule has 0 spiro atoms. The van der Waals surface area contributed by atoms with E-state index in [4.69, 9.17) is 9.94 Å². The summed E-state index contributed by atoms with van der Waals surface area (Å²) in [7, 11) is 1.38. The highest BCUT2D eigenvalue weighted by molar-refractivity contribution is 5.99. The van der Waals surface area contributed by atoms with Crippen molar-refractivity contribution in [3.05, 3.63) is 35.3 Å². The molecule has 0 unspecified atom stereocenters. The second-order valence-electron chi connectivity index (χ2n) is 3.63. The number of rotatable bonds is 3. The van der Waals surface area contributed by atoms with Crippen molar-refractivity contribution in [3.8, 4) is 5.88 Å². The van der Waals surface area contributed by atoms with Crippen LogP contribution in [-0.4, -0.2) is 28.5 Å². The maximum atomic E-state index is 13.1. The lowest BCUT2D eigenvalue weighted by molar-refractivity contribution is 0.233. The van der Waals surface area contributed by atoms with E-state index >= 15 is 0 Å². The molecule has 0 bridgehead atoms. The number of nitrogens with one attached hydrogen (secondary N) is 1. The number of aryl methyl sites for hydroxylation is 1. The van der Waals surface area contributed by atoms with E-state index in [2.05, 4.69) is 19.9 Å². The van der Waals surface area contributed by atoms with Gasteiger partial charge in [-0.2, -0.15) is 0 Å². The van der Waals surface area contributed by atoms with Crippen molar-refractivity contribution in [2.45, 2.75) is 6.92 Å². The van der Waals surface area contributed by atoms with Gasteiger partial charge in [0.25, 0.3) is 5.88 Å². The minimum atomic E-state index is -0.335. The topological polar surface area (TPSA) is 92.8 Å². The molecular formula is C11H11FN4O3. The molecule has 0 amide bonds. The van der Waals surface area contributed by atoms with Crippen molar-refractivity contribution < 1.29 is 19.0 Å². The van der Waals surface area contributed by atoms with Gasteiger partial charge >= 0.3 is 0 Å². The van der Waals surface area contributed by atoms with E-state index in [1.165, 1.54) is 25.3 Å². The van der Waals surface area contributed by atoms with Gasteiger partial charge in [0.2, 0.25) is 5.69 Å². The highest BCUT2D eigenvalue weighted by Gasteiger charge is 2.17. The fourth-order valence-electron chi connectivity index (χ4n) is 1.42. The third-order valence-corrected chi connectivity index (χ3v) is 2.36. The molecule has 7 nitrogen and oxygen atoms in total. The SMILES string of the molecule is COc1nonc1C(=Nc1ccc(F)c(C)c1)NO. The summed E-state index contributed by atoms with van der Waals surface area (Å²) < 4.78 is 22.5. The number of hydrogen-bond acceptors (Lipinski definition) is 6. The number of amidine groups is 1. The molecule has 0 aliphatic heterocycles. The van der Waals surface area contributed by atoms with E-state index in [9.17, 15) is 4.39 Å². The highest BCUT2D eigenvalue weighted by atomic mass is 19.1. The van der Waals surface area contributed by atoms with Crippen LogP contribution in [0.1, 0.15) is 11.3 Å². The smallest absolute Gasteiger partial charge is 0.287 e. The summed E-state index contributed by atoms with van der Waals surface area (Å²) in [6.45, 7) is 1.61. The lowest BCUT2D eigenvalue weighted by Crippen LogP contribution is -2.21. The lowest BCUT2D eigenvalue weighted by Gasteiger charge is -2.03. The second kappa shape index (κ2) is 5.44. The number of methoxy groups -OCH3 is 1. The van der Waals surface area contributed by atoms with Gasteiger partial charge in [0.1, 0.15) is 5.82 Å². The van der Waals surface area contributed by atoms with Crippen LogP contribution in [0.3, 0.4) is 0 Å².